The van der Waals surface area contributed by atoms with Gasteiger partial charge in [0.2, 0.25) is 0 Å². The Bertz CT molecular complexity index is 222. The minimum Gasteiger partial charge on any atom is -0.364 e. The summed E-state index contributed by atoms with van der Waals surface area (Å²) in [5, 5.41) is 0. The highest BCUT2D eigenvalue weighted by Crippen LogP contribution is 2.12. The van der Waals surface area contributed by atoms with Crippen LogP contribution in [-0.2, 0) is 4.74 Å². The van der Waals surface area contributed by atoms with Gasteiger partial charge in [-0.1, -0.05) is 5.92 Å². The average Bonchev–Trinajstić information content (AvgIpc) is 2.15. The molecule has 1 fully saturated rings. The van der Waals surface area contributed by atoms with Crippen LogP contribution in [0, 0.1) is 12.3 Å². The van der Waals surface area contributed by atoms with E-state index in [4.69, 9.17) is 16.9 Å². The Kier molecular flexibility index (Phi) is 3.59. The van der Waals surface area contributed by atoms with Crippen LogP contribution in [0.1, 0.15) is 12.8 Å². The van der Waals surface area contributed by atoms with Gasteiger partial charge in [-0.2, -0.15) is 0 Å². The van der Waals surface area contributed by atoms with Crippen molar-refractivity contribution in [1.29, 1.82) is 0 Å². The van der Waals surface area contributed by atoms with Crippen LogP contribution in [0.5, 0.6) is 0 Å². The summed E-state index contributed by atoms with van der Waals surface area (Å²) in [4.78, 5) is 12.4. The molecule has 4 heteroatoms. The van der Waals surface area contributed by atoms with E-state index in [-0.39, 0.29) is 12.1 Å². The Morgan fingerprint density at radius 3 is 3.15 bits per heavy atom. The van der Waals surface area contributed by atoms with E-state index in [1.165, 1.54) is 0 Å². The van der Waals surface area contributed by atoms with Gasteiger partial charge in [-0.15, -0.1) is 6.42 Å². The van der Waals surface area contributed by atoms with Gasteiger partial charge in [0, 0.05) is 13.1 Å². The molecule has 1 aliphatic heterocycles. The van der Waals surface area contributed by atoms with Crippen molar-refractivity contribution in [2.45, 2.75) is 18.9 Å². The molecule has 1 rings (SSSR count). The maximum Gasteiger partial charge on any atom is 0.314 e. The summed E-state index contributed by atoms with van der Waals surface area (Å²) < 4.78 is 5.33. The van der Waals surface area contributed by atoms with Crippen LogP contribution in [0.3, 0.4) is 0 Å². The number of terminal acetylenes is 1. The zero-order valence-electron chi connectivity index (χ0n) is 7.53. The molecule has 1 atom stereocenters. The van der Waals surface area contributed by atoms with E-state index < -0.39 is 0 Å². The molecule has 0 radical (unpaired) electrons. The van der Waals surface area contributed by atoms with E-state index in [9.17, 15) is 4.79 Å². The second-order valence-electron chi connectivity index (χ2n) is 3.06. The van der Waals surface area contributed by atoms with E-state index in [1.54, 1.807) is 4.90 Å². The van der Waals surface area contributed by atoms with Gasteiger partial charge in [0.15, 0.2) is 0 Å². The summed E-state index contributed by atoms with van der Waals surface area (Å²) in [5.74, 6) is 2.40. The molecule has 0 aromatic rings. The average molecular weight is 182 g/mol. The number of likely N-dealkylation sites (tertiary alicyclic amines) is 1. The van der Waals surface area contributed by atoms with Crippen molar-refractivity contribution in [3.63, 3.8) is 0 Å². The van der Waals surface area contributed by atoms with Gasteiger partial charge in [0.25, 0.3) is 0 Å². The van der Waals surface area contributed by atoms with Gasteiger partial charge in [-0.3, -0.25) is 0 Å². The third-order valence-electron chi connectivity index (χ3n) is 2.09. The van der Waals surface area contributed by atoms with Gasteiger partial charge < -0.3 is 15.4 Å². The number of nitrogens with zero attached hydrogens (tertiary/aromatic N) is 1. The fourth-order valence-corrected chi connectivity index (χ4v) is 1.44. The molecule has 2 N–H and O–H groups in total. The number of nitrogens with two attached hydrogens (primary N) is 1. The van der Waals surface area contributed by atoms with Crippen LogP contribution in [0.25, 0.3) is 0 Å². The van der Waals surface area contributed by atoms with Gasteiger partial charge >= 0.3 is 6.03 Å². The Morgan fingerprint density at radius 2 is 2.54 bits per heavy atom. The lowest BCUT2D eigenvalue weighted by atomic mass is 10.1. The number of amides is 2. The van der Waals surface area contributed by atoms with Gasteiger partial charge in [0.1, 0.15) is 6.61 Å². The predicted molar refractivity (Wildman–Crippen MR) is 49.0 cm³/mol. The molecule has 4 nitrogen and oxygen atoms in total. The number of primary amides is 1. The van der Waals surface area contributed by atoms with Crippen LogP contribution in [-0.4, -0.2) is 36.7 Å². The lowest BCUT2D eigenvalue weighted by Gasteiger charge is -2.30. The Morgan fingerprint density at radius 1 is 1.77 bits per heavy atom. The van der Waals surface area contributed by atoms with Crippen LogP contribution in [0.2, 0.25) is 0 Å². The Balaban J connectivity index is 2.34. The van der Waals surface area contributed by atoms with Gasteiger partial charge in [0.05, 0.1) is 6.10 Å². The summed E-state index contributed by atoms with van der Waals surface area (Å²) in [5.41, 5.74) is 5.15. The SMILES string of the molecule is C#CCOC1CCCN(C(N)=O)C1. The third kappa shape index (κ3) is 2.96. The standard InChI is InChI=1S/C9H14N2O2/c1-2-6-13-8-4-3-5-11(7-8)9(10)12/h1,8H,3-7H2,(H2,10,12). The first-order chi connectivity index (χ1) is 6.24. The normalized spacial score (nSPS) is 22.4. The molecular weight excluding hydrogens is 168 g/mol. The van der Waals surface area contributed by atoms with Gasteiger partial charge in [-0.05, 0) is 12.8 Å². The number of piperidine rings is 1. The monoisotopic (exact) mass is 182 g/mol. The van der Waals surface area contributed by atoms with Crippen LogP contribution in [0.4, 0.5) is 4.79 Å². The minimum absolute atomic E-state index is 0.0531. The smallest absolute Gasteiger partial charge is 0.314 e. The number of hydrogen-bond donors (Lipinski definition) is 1. The molecule has 0 aromatic carbocycles. The van der Waals surface area contributed by atoms with Crippen LogP contribution < -0.4 is 5.73 Å². The molecule has 13 heavy (non-hydrogen) atoms. The molecule has 0 spiro atoms. The predicted octanol–water partition coefficient (Wildman–Crippen LogP) is 0.179. The van der Waals surface area contributed by atoms with Crippen molar-refractivity contribution < 1.29 is 9.53 Å². The topological polar surface area (TPSA) is 55.6 Å². The molecular formula is C9H14N2O2. The first kappa shape index (κ1) is 9.87. The molecule has 1 saturated heterocycles. The molecule has 1 aliphatic rings. The molecule has 0 bridgehead atoms. The second-order valence-corrected chi connectivity index (χ2v) is 3.06. The number of hydrogen-bond acceptors (Lipinski definition) is 2. The Hall–Kier alpha value is -1.21. The van der Waals surface area contributed by atoms with E-state index in [0.29, 0.717) is 13.2 Å². The van der Waals surface area contributed by atoms with Crippen LogP contribution >= 0.6 is 0 Å². The molecule has 0 aliphatic carbocycles. The number of rotatable bonds is 2. The molecule has 1 heterocycles. The highest BCUT2D eigenvalue weighted by Gasteiger charge is 2.21. The van der Waals surface area contributed by atoms with Crippen molar-refractivity contribution in [2.75, 3.05) is 19.7 Å². The van der Waals surface area contributed by atoms with E-state index in [2.05, 4.69) is 5.92 Å². The zero-order chi connectivity index (χ0) is 9.68. The van der Waals surface area contributed by atoms with Crippen molar-refractivity contribution in [3.8, 4) is 12.3 Å². The highest BCUT2D eigenvalue weighted by molar-refractivity contribution is 5.72. The summed E-state index contributed by atoms with van der Waals surface area (Å²) in [6.45, 7) is 1.60. The zero-order valence-corrected chi connectivity index (χ0v) is 7.53. The highest BCUT2D eigenvalue weighted by atomic mass is 16.5. The first-order valence-electron chi connectivity index (χ1n) is 4.33. The van der Waals surface area contributed by atoms with Crippen molar-refractivity contribution in [3.05, 3.63) is 0 Å². The minimum atomic E-state index is -0.381. The number of ether oxygens (including phenoxy) is 1. The van der Waals surface area contributed by atoms with Crippen molar-refractivity contribution >= 4 is 6.03 Å². The molecule has 72 valence electrons. The van der Waals surface area contributed by atoms with E-state index in [0.717, 1.165) is 19.4 Å². The van der Waals surface area contributed by atoms with Crippen LogP contribution in [0.15, 0.2) is 0 Å². The Labute approximate surface area is 78.0 Å². The fraction of sp³-hybridized carbons (Fsp3) is 0.667. The maximum absolute atomic E-state index is 10.8. The summed E-state index contributed by atoms with van der Waals surface area (Å²) in [6, 6.07) is -0.381. The number of carbonyl (C=O) groups excluding carboxylic acids is 1. The van der Waals surface area contributed by atoms with E-state index in [1.807, 2.05) is 0 Å². The summed E-state index contributed by atoms with van der Waals surface area (Å²) >= 11 is 0. The maximum atomic E-state index is 10.8. The summed E-state index contributed by atoms with van der Waals surface area (Å²) in [7, 11) is 0. The molecule has 0 aromatic heterocycles. The van der Waals surface area contributed by atoms with Gasteiger partial charge in [-0.25, -0.2) is 4.79 Å². The number of carbonyl (C=O) groups is 1. The number of urea groups is 1. The molecule has 0 saturated carbocycles. The summed E-state index contributed by atoms with van der Waals surface area (Å²) in [6.07, 6.45) is 6.99. The van der Waals surface area contributed by atoms with E-state index >= 15 is 0 Å². The quantitative estimate of drug-likeness (QED) is 0.619. The molecule has 1 unspecified atom stereocenters. The van der Waals surface area contributed by atoms with Crippen molar-refractivity contribution in [2.24, 2.45) is 5.73 Å². The largest absolute Gasteiger partial charge is 0.364 e. The fourth-order valence-electron chi connectivity index (χ4n) is 1.44. The third-order valence-corrected chi connectivity index (χ3v) is 2.09. The lowest BCUT2D eigenvalue weighted by Crippen LogP contribution is -2.45. The first-order valence-corrected chi connectivity index (χ1v) is 4.33. The lowest BCUT2D eigenvalue weighted by molar-refractivity contribution is 0.0281. The van der Waals surface area contributed by atoms with Crippen molar-refractivity contribution in [1.82, 2.24) is 4.90 Å². The second kappa shape index (κ2) is 4.73. The molecule has 2 amide bonds.